The van der Waals surface area contributed by atoms with Gasteiger partial charge < -0.3 is 5.32 Å². The third kappa shape index (κ3) is 2.21. The fourth-order valence-electron chi connectivity index (χ4n) is 3.58. The first-order valence-electron chi connectivity index (χ1n) is 7.50. The summed E-state index contributed by atoms with van der Waals surface area (Å²) in [6, 6.07) is 10.0. The van der Waals surface area contributed by atoms with Crippen LogP contribution in [0.2, 0.25) is 0 Å². The number of nitrogens with one attached hydrogen (secondary N) is 1. The highest BCUT2D eigenvalue weighted by atomic mass is 15.0. The molecule has 1 heteroatoms. The normalized spacial score (nSPS) is 27.8. The second-order valence-electron chi connectivity index (χ2n) is 6.80. The standard InChI is InChI=1S/C17H25N/c1-17(2)12-18-16(17)15-10-8-14(9-11-15)13-6-4-3-5-7-13/h8-11,13,16,18H,3-7,12H2,1-2H3. The summed E-state index contributed by atoms with van der Waals surface area (Å²) in [4.78, 5) is 0. The Morgan fingerprint density at radius 3 is 2.06 bits per heavy atom. The Hall–Kier alpha value is -0.820. The molecule has 1 aliphatic heterocycles. The van der Waals surface area contributed by atoms with Crippen LogP contribution < -0.4 is 5.32 Å². The second kappa shape index (κ2) is 4.70. The highest BCUT2D eigenvalue weighted by Crippen LogP contribution is 2.41. The van der Waals surface area contributed by atoms with Crippen LogP contribution >= 0.6 is 0 Å². The van der Waals surface area contributed by atoms with Crippen LogP contribution in [0.5, 0.6) is 0 Å². The first-order chi connectivity index (χ1) is 8.67. The molecule has 1 aromatic carbocycles. The summed E-state index contributed by atoms with van der Waals surface area (Å²) >= 11 is 0. The number of hydrogen-bond acceptors (Lipinski definition) is 1. The van der Waals surface area contributed by atoms with Crippen LogP contribution in [0, 0.1) is 5.41 Å². The van der Waals surface area contributed by atoms with Crippen molar-refractivity contribution >= 4 is 0 Å². The van der Waals surface area contributed by atoms with Crippen molar-refractivity contribution in [3.05, 3.63) is 35.4 Å². The third-order valence-corrected chi connectivity index (χ3v) is 4.89. The molecule has 0 spiro atoms. The van der Waals surface area contributed by atoms with Crippen molar-refractivity contribution in [3.63, 3.8) is 0 Å². The number of rotatable bonds is 2. The van der Waals surface area contributed by atoms with E-state index in [1.165, 1.54) is 37.7 Å². The van der Waals surface area contributed by atoms with Gasteiger partial charge in [-0.05, 0) is 35.3 Å². The fourth-order valence-corrected chi connectivity index (χ4v) is 3.58. The Morgan fingerprint density at radius 1 is 0.944 bits per heavy atom. The van der Waals surface area contributed by atoms with Crippen LogP contribution in [0.3, 0.4) is 0 Å². The van der Waals surface area contributed by atoms with Crippen LogP contribution in [0.25, 0.3) is 0 Å². The van der Waals surface area contributed by atoms with Gasteiger partial charge in [0.2, 0.25) is 0 Å². The topological polar surface area (TPSA) is 12.0 Å². The predicted octanol–water partition coefficient (Wildman–Crippen LogP) is 4.40. The molecule has 1 aliphatic carbocycles. The van der Waals surface area contributed by atoms with Gasteiger partial charge in [0.25, 0.3) is 0 Å². The molecule has 0 bridgehead atoms. The smallest absolute Gasteiger partial charge is 0.0384 e. The molecule has 2 aliphatic rings. The minimum atomic E-state index is 0.423. The largest absolute Gasteiger partial charge is 0.309 e. The van der Waals surface area contributed by atoms with E-state index in [1.807, 2.05) is 0 Å². The molecule has 2 fully saturated rings. The monoisotopic (exact) mass is 243 g/mol. The van der Waals surface area contributed by atoms with E-state index in [9.17, 15) is 0 Å². The lowest BCUT2D eigenvalue weighted by Crippen LogP contribution is -2.52. The van der Waals surface area contributed by atoms with Gasteiger partial charge in [-0.3, -0.25) is 0 Å². The molecular weight excluding hydrogens is 218 g/mol. The van der Waals surface area contributed by atoms with Gasteiger partial charge in [0.15, 0.2) is 0 Å². The molecule has 1 unspecified atom stereocenters. The van der Waals surface area contributed by atoms with Crippen LogP contribution in [0.4, 0.5) is 0 Å². The van der Waals surface area contributed by atoms with Gasteiger partial charge in [-0.1, -0.05) is 57.4 Å². The lowest BCUT2D eigenvalue weighted by molar-refractivity contribution is 0.128. The fraction of sp³-hybridized carbons (Fsp3) is 0.647. The summed E-state index contributed by atoms with van der Waals surface area (Å²) in [6.07, 6.45) is 7.07. The maximum absolute atomic E-state index is 3.55. The van der Waals surface area contributed by atoms with Gasteiger partial charge in [0, 0.05) is 12.6 Å². The molecule has 1 nitrogen and oxygen atoms in total. The lowest BCUT2D eigenvalue weighted by Gasteiger charge is -2.46. The lowest BCUT2D eigenvalue weighted by atomic mass is 9.73. The van der Waals surface area contributed by atoms with E-state index in [4.69, 9.17) is 0 Å². The first kappa shape index (κ1) is 12.2. The summed E-state index contributed by atoms with van der Waals surface area (Å²) < 4.78 is 0. The summed E-state index contributed by atoms with van der Waals surface area (Å²) in [5, 5.41) is 3.55. The van der Waals surface area contributed by atoms with Crippen LogP contribution in [0.15, 0.2) is 24.3 Å². The Morgan fingerprint density at radius 2 is 1.56 bits per heavy atom. The van der Waals surface area contributed by atoms with E-state index in [1.54, 1.807) is 5.56 Å². The zero-order chi connectivity index (χ0) is 12.6. The van der Waals surface area contributed by atoms with Gasteiger partial charge in [-0.2, -0.15) is 0 Å². The van der Waals surface area contributed by atoms with Crippen molar-refractivity contribution in [1.82, 2.24) is 5.32 Å². The molecule has 1 heterocycles. The van der Waals surface area contributed by atoms with Crippen molar-refractivity contribution in [2.24, 2.45) is 5.41 Å². The van der Waals surface area contributed by atoms with Crippen molar-refractivity contribution in [3.8, 4) is 0 Å². The minimum Gasteiger partial charge on any atom is -0.309 e. The van der Waals surface area contributed by atoms with Gasteiger partial charge in [0.05, 0.1) is 0 Å². The van der Waals surface area contributed by atoms with E-state index in [2.05, 4.69) is 43.4 Å². The van der Waals surface area contributed by atoms with Gasteiger partial charge in [-0.15, -0.1) is 0 Å². The molecule has 3 rings (SSSR count). The number of hydrogen-bond donors (Lipinski definition) is 1. The maximum Gasteiger partial charge on any atom is 0.0384 e. The van der Waals surface area contributed by atoms with Crippen molar-refractivity contribution in [2.75, 3.05) is 6.54 Å². The zero-order valence-electron chi connectivity index (χ0n) is 11.7. The average molecular weight is 243 g/mol. The van der Waals surface area contributed by atoms with Gasteiger partial charge in [0.1, 0.15) is 0 Å². The molecule has 1 N–H and O–H groups in total. The van der Waals surface area contributed by atoms with E-state index >= 15 is 0 Å². The minimum absolute atomic E-state index is 0.423. The Balaban J connectivity index is 1.72. The Labute approximate surface area is 111 Å². The van der Waals surface area contributed by atoms with E-state index in [0.29, 0.717) is 11.5 Å². The average Bonchev–Trinajstić information content (AvgIpc) is 2.39. The van der Waals surface area contributed by atoms with Crippen LogP contribution in [-0.4, -0.2) is 6.54 Å². The van der Waals surface area contributed by atoms with Crippen molar-refractivity contribution < 1.29 is 0 Å². The van der Waals surface area contributed by atoms with E-state index < -0.39 is 0 Å². The molecule has 98 valence electrons. The first-order valence-corrected chi connectivity index (χ1v) is 7.50. The SMILES string of the molecule is CC1(C)CNC1c1ccc(C2CCCCC2)cc1. The van der Waals surface area contributed by atoms with Crippen molar-refractivity contribution in [1.29, 1.82) is 0 Å². The van der Waals surface area contributed by atoms with Gasteiger partial charge >= 0.3 is 0 Å². The van der Waals surface area contributed by atoms with Crippen molar-refractivity contribution in [2.45, 2.75) is 57.9 Å². The van der Waals surface area contributed by atoms with Crippen LogP contribution in [-0.2, 0) is 0 Å². The number of benzene rings is 1. The summed E-state index contributed by atoms with van der Waals surface area (Å²) in [7, 11) is 0. The van der Waals surface area contributed by atoms with E-state index in [0.717, 1.165) is 12.5 Å². The molecule has 0 amide bonds. The molecule has 18 heavy (non-hydrogen) atoms. The quantitative estimate of drug-likeness (QED) is 0.811. The molecule has 1 aromatic rings. The maximum atomic E-state index is 3.55. The summed E-state index contributed by atoms with van der Waals surface area (Å²) in [6.45, 7) is 5.84. The van der Waals surface area contributed by atoms with E-state index in [-0.39, 0.29) is 0 Å². The molecule has 0 aromatic heterocycles. The van der Waals surface area contributed by atoms with Gasteiger partial charge in [-0.25, -0.2) is 0 Å². The second-order valence-corrected chi connectivity index (χ2v) is 6.80. The third-order valence-electron chi connectivity index (χ3n) is 4.89. The Bertz CT molecular complexity index is 398. The zero-order valence-corrected chi connectivity index (χ0v) is 11.7. The van der Waals surface area contributed by atoms with Crippen LogP contribution in [0.1, 0.15) is 69.0 Å². The molecule has 0 radical (unpaired) electrons. The predicted molar refractivity (Wildman–Crippen MR) is 76.8 cm³/mol. The highest BCUT2D eigenvalue weighted by Gasteiger charge is 2.38. The highest BCUT2D eigenvalue weighted by molar-refractivity contribution is 5.30. The summed E-state index contributed by atoms with van der Waals surface area (Å²) in [5.41, 5.74) is 3.45. The Kier molecular flexibility index (Phi) is 3.19. The molecule has 1 saturated carbocycles. The molecular formula is C17H25N. The molecule has 1 saturated heterocycles. The summed E-state index contributed by atoms with van der Waals surface area (Å²) in [5.74, 6) is 0.829. The molecule has 1 atom stereocenters.